The van der Waals surface area contributed by atoms with E-state index in [4.69, 9.17) is 0 Å². The van der Waals surface area contributed by atoms with E-state index in [1.165, 1.54) is 6.07 Å². The zero-order valence-corrected chi connectivity index (χ0v) is 12.4. The smallest absolute Gasteiger partial charge is 0.256 e. The van der Waals surface area contributed by atoms with Crippen LogP contribution >= 0.6 is 0 Å². The second-order valence-electron chi connectivity index (χ2n) is 5.55. The van der Waals surface area contributed by atoms with Crippen molar-refractivity contribution in [3.05, 3.63) is 77.6 Å². The topological polar surface area (TPSA) is 44.9 Å². The third-order valence-corrected chi connectivity index (χ3v) is 3.99. The van der Waals surface area contributed by atoms with E-state index in [0.717, 1.165) is 23.3 Å². The number of rotatable bonds is 2. The molecule has 0 unspecified atom stereocenters. The van der Waals surface area contributed by atoms with Crippen LogP contribution < -0.4 is 5.32 Å². The molecule has 3 aromatic rings. The molecule has 118 valence electrons. The van der Waals surface area contributed by atoms with Gasteiger partial charge in [-0.05, 0) is 47.0 Å². The summed E-state index contributed by atoms with van der Waals surface area (Å²) in [7, 11) is 0. The van der Waals surface area contributed by atoms with E-state index in [0.29, 0.717) is 22.4 Å². The number of anilines is 1. The molecule has 0 bridgehead atoms. The quantitative estimate of drug-likeness (QED) is 0.673. The van der Waals surface area contributed by atoms with Gasteiger partial charge in [-0.1, -0.05) is 18.2 Å². The number of hydrogen-bond donors (Lipinski definition) is 2. The lowest BCUT2D eigenvalue weighted by molar-refractivity contribution is -0.110. The highest BCUT2D eigenvalue weighted by Gasteiger charge is 2.24. The summed E-state index contributed by atoms with van der Waals surface area (Å²) in [6.45, 7) is 0. The van der Waals surface area contributed by atoms with Gasteiger partial charge < -0.3 is 10.3 Å². The molecule has 0 radical (unpaired) electrons. The Hall–Kier alpha value is -3.21. The fraction of sp³-hybridized carbons (Fsp3) is 0. The first-order valence-electron chi connectivity index (χ1n) is 7.37. The molecule has 0 saturated carbocycles. The zero-order chi connectivity index (χ0) is 16.7. The summed E-state index contributed by atoms with van der Waals surface area (Å²) in [5, 5.41) is 2.81. The number of nitrogens with one attached hydrogen (secondary N) is 2. The van der Waals surface area contributed by atoms with E-state index >= 15 is 0 Å². The Bertz CT molecular complexity index is 975. The van der Waals surface area contributed by atoms with Gasteiger partial charge in [0.05, 0.1) is 0 Å². The van der Waals surface area contributed by atoms with Gasteiger partial charge in [0.15, 0.2) is 11.6 Å². The molecule has 2 heterocycles. The molecule has 0 atom stereocenters. The van der Waals surface area contributed by atoms with Gasteiger partial charge in [-0.25, -0.2) is 8.78 Å². The van der Waals surface area contributed by atoms with E-state index in [9.17, 15) is 13.6 Å². The van der Waals surface area contributed by atoms with Crippen LogP contribution in [-0.2, 0) is 4.79 Å². The minimum absolute atomic E-state index is 0.186. The molecular formula is C19H12F2N2O. The Labute approximate surface area is 136 Å². The van der Waals surface area contributed by atoms with Gasteiger partial charge in [0.1, 0.15) is 0 Å². The lowest BCUT2D eigenvalue weighted by Crippen LogP contribution is -2.03. The minimum atomic E-state index is -0.898. The third kappa shape index (κ3) is 2.40. The molecule has 1 aliphatic rings. The average Bonchev–Trinajstić information content (AvgIpc) is 3.18. The number of amides is 1. The highest BCUT2D eigenvalue weighted by Crippen LogP contribution is 2.36. The van der Waals surface area contributed by atoms with Crippen molar-refractivity contribution in [3.63, 3.8) is 0 Å². The number of benzene rings is 2. The second kappa shape index (κ2) is 5.45. The highest BCUT2D eigenvalue weighted by molar-refractivity contribution is 6.35. The Morgan fingerprint density at radius 1 is 0.917 bits per heavy atom. The van der Waals surface area contributed by atoms with Crippen LogP contribution in [0.4, 0.5) is 14.5 Å². The van der Waals surface area contributed by atoms with Crippen molar-refractivity contribution in [3.8, 4) is 11.1 Å². The van der Waals surface area contributed by atoms with E-state index in [-0.39, 0.29) is 5.91 Å². The summed E-state index contributed by atoms with van der Waals surface area (Å²) in [5.74, 6) is -1.97. The van der Waals surface area contributed by atoms with Crippen molar-refractivity contribution in [2.45, 2.75) is 0 Å². The van der Waals surface area contributed by atoms with Crippen LogP contribution in [0.25, 0.3) is 22.8 Å². The molecule has 4 rings (SSSR count). The van der Waals surface area contributed by atoms with Crippen LogP contribution in [0, 0.1) is 11.6 Å². The van der Waals surface area contributed by atoms with Gasteiger partial charge in [0.2, 0.25) is 0 Å². The largest absolute Gasteiger partial charge is 0.367 e. The number of fused-ring (bicyclic) bond motifs is 1. The van der Waals surface area contributed by atoms with Crippen LogP contribution in [0.2, 0.25) is 0 Å². The maximum atomic E-state index is 13.4. The monoisotopic (exact) mass is 322 g/mol. The molecule has 5 heteroatoms. The number of aromatic amines is 1. The molecule has 1 amide bonds. The lowest BCUT2D eigenvalue weighted by atomic mass is 9.99. The van der Waals surface area contributed by atoms with Gasteiger partial charge in [-0.3, -0.25) is 4.79 Å². The Morgan fingerprint density at radius 3 is 2.46 bits per heavy atom. The fourth-order valence-electron chi connectivity index (χ4n) is 2.79. The second-order valence-corrected chi connectivity index (χ2v) is 5.55. The summed E-state index contributed by atoms with van der Waals surface area (Å²) in [4.78, 5) is 15.1. The molecule has 2 N–H and O–H groups in total. The molecule has 2 aromatic carbocycles. The Morgan fingerprint density at radius 2 is 1.71 bits per heavy atom. The number of aromatic nitrogens is 1. The number of carbonyl (C=O) groups excluding carboxylic acids is 1. The fourth-order valence-corrected chi connectivity index (χ4v) is 2.79. The summed E-state index contributed by atoms with van der Waals surface area (Å²) in [6.07, 6.45) is 5.38. The average molecular weight is 322 g/mol. The number of carbonyl (C=O) groups is 1. The van der Waals surface area contributed by atoms with Gasteiger partial charge in [-0.15, -0.1) is 0 Å². The van der Waals surface area contributed by atoms with Crippen molar-refractivity contribution < 1.29 is 13.6 Å². The number of halogens is 2. The number of H-pyrrole nitrogens is 1. The first kappa shape index (κ1) is 14.4. The van der Waals surface area contributed by atoms with E-state index < -0.39 is 11.6 Å². The first-order valence-corrected chi connectivity index (χ1v) is 7.37. The van der Waals surface area contributed by atoms with Crippen LogP contribution in [0.1, 0.15) is 11.1 Å². The maximum absolute atomic E-state index is 13.4. The normalized spacial score (nSPS) is 14.8. The summed E-state index contributed by atoms with van der Waals surface area (Å²) in [6, 6.07) is 11.0. The molecule has 0 saturated heterocycles. The van der Waals surface area contributed by atoms with Gasteiger partial charge in [0, 0.05) is 29.2 Å². The Kier molecular flexibility index (Phi) is 3.27. The molecule has 24 heavy (non-hydrogen) atoms. The summed E-state index contributed by atoms with van der Waals surface area (Å²) < 4.78 is 26.5. The Balaban J connectivity index is 1.76. The van der Waals surface area contributed by atoms with E-state index in [1.807, 2.05) is 12.1 Å². The third-order valence-electron chi connectivity index (χ3n) is 3.99. The molecular weight excluding hydrogens is 310 g/mol. The van der Waals surface area contributed by atoms with Crippen LogP contribution in [0.15, 0.2) is 54.9 Å². The zero-order valence-electron chi connectivity index (χ0n) is 12.4. The predicted molar refractivity (Wildman–Crippen MR) is 89.1 cm³/mol. The van der Waals surface area contributed by atoms with Crippen LogP contribution in [0.3, 0.4) is 0 Å². The van der Waals surface area contributed by atoms with Gasteiger partial charge in [-0.2, -0.15) is 0 Å². The van der Waals surface area contributed by atoms with Crippen molar-refractivity contribution >= 4 is 23.2 Å². The molecule has 0 fully saturated rings. The molecule has 1 aromatic heterocycles. The SMILES string of the molecule is O=C1Nc2cc(-c3ccc(F)c(F)c3)ccc2C1=Cc1cc[nH]c1. The lowest BCUT2D eigenvalue weighted by Gasteiger charge is -2.05. The van der Waals surface area contributed by atoms with E-state index in [2.05, 4.69) is 10.3 Å². The molecule has 0 aliphatic carbocycles. The van der Waals surface area contributed by atoms with Gasteiger partial charge >= 0.3 is 0 Å². The standard InChI is InChI=1S/C19H12F2N2O/c20-16-4-2-12(8-17(16)21)13-1-3-14-15(7-11-5-6-22-10-11)19(24)23-18(14)9-13/h1-10,22H,(H,23,24). The summed E-state index contributed by atoms with van der Waals surface area (Å²) >= 11 is 0. The van der Waals surface area contributed by atoms with Crippen molar-refractivity contribution in [1.82, 2.24) is 4.98 Å². The van der Waals surface area contributed by atoms with Crippen molar-refractivity contribution in [2.75, 3.05) is 5.32 Å². The number of hydrogen-bond acceptors (Lipinski definition) is 1. The minimum Gasteiger partial charge on any atom is -0.367 e. The van der Waals surface area contributed by atoms with Crippen molar-refractivity contribution in [2.24, 2.45) is 0 Å². The highest BCUT2D eigenvalue weighted by atomic mass is 19.2. The molecule has 3 nitrogen and oxygen atoms in total. The molecule has 1 aliphatic heterocycles. The summed E-state index contributed by atoms with van der Waals surface area (Å²) in [5.41, 5.74) is 4.17. The predicted octanol–water partition coefficient (Wildman–Crippen LogP) is 4.45. The first-order chi connectivity index (χ1) is 11.6. The maximum Gasteiger partial charge on any atom is 0.256 e. The van der Waals surface area contributed by atoms with Crippen LogP contribution in [0.5, 0.6) is 0 Å². The van der Waals surface area contributed by atoms with Crippen molar-refractivity contribution in [1.29, 1.82) is 0 Å². The van der Waals surface area contributed by atoms with Crippen LogP contribution in [-0.4, -0.2) is 10.9 Å². The van der Waals surface area contributed by atoms with E-state index in [1.54, 1.807) is 30.6 Å². The molecule has 0 spiro atoms. The van der Waals surface area contributed by atoms with Gasteiger partial charge in [0.25, 0.3) is 5.91 Å².